The van der Waals surface area contributed by atoms with Crippen LogP contribution in [-0.4, -0.2) is 42.3 Å². The zero-order valence-corrected chi connectivity index (χ0v) is 9.03. The summed E-state index contributed by atoms with van der Waals surface area (Å²) in [6, 6.07) is 2.13. The van der Waals surface area contributed by atoms with Crippen LogP contribution in [0.15, 0.2) is 12.3 Å². The summed E-state index contributed by atoms with van der Waals surface area (Å²) >= 11 is 0. The smallest absolute Gasteiger partial charge is 0.223 e. The first kappa shape index (κ1) is 10.3. The van der Waals surface area contributed by atoms with Crippen molar-refractivity contribution in [1.29, 1.82) is 0 Å². The molecule has 2 N–H and O–H groups in total. The number of nitrogens with one attached hydrogen (secondary N) is 2. The van der Waals surface area contributed by atoms with Gasteiger partial charge in [-0.25, -0.2) is 9.97 Å². The number of hydrogen-bond acceptors (Lipinski definition) is 5. The van der Waals surface area contributed by atoms with Crippen molar-refractivity contribution in [2.75, 3.05) is 25.5 Å². The fourth-order valence-electron chi connectivity index (χ4n) is 1.73. The maximum absolute atomic E-state index is 5.35. The summed E-state index contributed by atoms with van der Waals surface area (Å²) in [5.41, 5.74) is 0.965. The molecule has 0 bridgehead atoms. The van der Waals surface area contributed by atoms with Crippen LogP contribution in [0.1, 0.15) is 5.69 Å². The van der Waals surface area contributed by atoms with Crippen molar-refractivity contribution in [1.82, 2.24) is 15.3 Å². The second-order valence-corrected chi connectivity index (χ2v) is 3.70. The van der Waals surface area contributed by atoms with E-state index in [0.717, 1.165) is 18.8 Å². The molecule has 0 spiro atoms. The maximum atomic E-state index is 5.35. The summed E-state index contributed by atoms with van der Waals surface area (Å²) in [6.07, 6.45) is 1.95. The Labute approximate surface area is 89.3 Å². The molecule has 5 nitrogen and oxygen atoms in total. The predicted octanol–water partition coefficient (Wildman–Crippen LogP) is 0.184. The minimum atomic E-state index is 0.189. The lowest BCUT2D eigenvalue weighted by atomic mass is 10.2. The molecule has 2 unspecified atom stereocenters. The number of methoxy groups -OCH3 is 1. The molecule has 0 radical (unpaired) electrons. The van der Waals surface area contributed by atoms with Crippen molar-refractivity contribution < 1.29 is 4.74 Å². The Morgan fingerprint density at radius 3 is 3.13 bits per heavy atom. The van der Waals surface area contributed by atoms with Crippen molar-refractivity contribution >= 4 is 5.95 Å². The number of anilines is 1. The summed E-state index contributed by atoms with van der Waals surface area (Å²) in [5, 5.41) is 6.54. The number of rotatable bonds is 3. The van der Waals surface area contributed by atoms with Gasteiger partial charge < -0.3 is 15.4 Å². The molecule has 15 heavy (non-hydrogen) atoms. The van der Waals surface area contributed by atoms with Gasteiger partial charge in [-0.2, -0.15) is 0 Å². The highest BCUT2D eigenvalue weighted by Crippen LogP contribution is 2.09. The molecule has 1 aliphatic heterocycles. The van der Waals surface area contributed by atoms with Crippen LogP contribution in [-0.2, 0) is 4.74 Å². The van der Waals surface area contributed by atoms with Gasteiger partial charge in [0.15, 0.2) is 0 Å². The van der Waals surface area contributed by atoms with Crippen LogP contribution in [0.4, 0.5) is 5.95 Å². The predicted molar refractivity (Wildman–Crippen MR) is 57.8 cm³/mol. The van der Waals surface area contributed by atoms with E-state index in [4.69, 9.17) is 4.74 Å². The quantitative estimate of drug-likeness (QED) is 0.742. The van der Waals surface area contributed by atoms with Gasteiger partial charge in [0.25, 0.3) is 0 Å². The molecular formula is C10H16N4O. The fraction of sp³-hybridized carbons (Fsp3) is 0.600. The third-order valence-electron chi connectivity index (χ3n) is 2.57. The molecule has 0 aliphatic carbocycles. The number of ether oxygens (including phenoxy) is 1. The molecule has 1 fully saturated rings. The lowest BCUT2D eigenvalue weighted by Crippen LogP contribution is -2.34. The second-order valence-electron chi connectivity index (χ2n) is 3.70. The molecule has 0 saturated carbocycles. The van der Waals surface area contributed by atoms with E-state index in [9.17, 15) is 0 Å². The summed E-state index contributed by atoms with van der Waals surface area (Å²) in [6.45, 7) is 3.71. The Morgan fingerprint density at radius 1 is 1.53 bits per heavy atom. The van der Waals surface area contributed by atoms with Crippen molar-refractivity contribution in [2.45, 2.75) is 19.1 Å². The topological polar surface area (TPSA) is 59.1 Å². The third kappa shape index (κ3) is 2.43. The Balaban J connectivity index is 2.02. The Kier molecular flexibility index (Phi) is 3.13. The van der Waals surface area contributed by atoms with E-state index in [1.807, 2.05) is 13.0 Å². The van der Waals surface area contributed by atoms with E-state index in [0.29, 0.717) is 5.95 Å². The van der Waals surface area contributed by atoms with Gasteiger partial charge in [-0.15, -0.1) is 0 Å². The first-order chi connectivity index (χ1) is 7.29. The van der Waals surface area contributed by atoms with Gasteiger partial charge in [-0.1, -0.05) is 0 Å². The summed E-state index contributed by atoms with van der Waals surface area (Å²) in [7, 11) is 1.73. The van der Waals surface area contributed by atoms with Crippen LogP contribution in [0, 0.1) is 6.92 Å². The van der Waals surface area contributed by atoms with Crippen molar-refractivity contribution in [3.05, 3.63) is 18.0 Å². The van der Waals surface area contributed by atoms with Gasteiger partial charge in [0, 0.05) is 32.1 Å². The third-order valence-corrected chi connectivity index (χ3v) is 2.57. The monoisotopic (exact) mass is 208 g/mol. The minimum Gasteiger partial charge on any atom is -0.378 e. The molecule has 1 aliphatic rings. The van der Waals surface area contributed by atoms with Crippen molar-refractivity contribution in [3.63, 3.8) is 0 Å². The molecular weight excluding hydrogens is 192 g/mol. The molecule has 82 valence electrons. The molecule has 0 amide bonds. The molecule has 1 saturated heterocycles. The highest BCUT2D eigenvalue weighted by atomic mass is 16.5. The summed E-state index contributed by atoms with van der Waals surface area (Å²) in [4.78, 5) is 8.47. The van der Waals surface area contributed by atoms with Crippen LogP contribution >= 0.6 is 0 Å². The van der Waals surface area contributed by atoms with Gasteiger partial charge in [0.05, 0.1) is 12.1 Å². The van der Waals surface area contributed by atoms with E-state index in [2.05, 4.69) is 20.6 Å². The van der Waals surface area contributed by atoms with Gasteiger partial charge in [-0.3, -0.25) is 0 Å². The zero-order chi connectivity index (χ0) is 10.7. The van der Waals surface area contributed by atoms with E-state index in [1.54, 1.807) is 13.3 Å². The van der Waals surface area contributed by atoms with Gasteiger partial charge in [0.1, 0.15) is 0 Å². The summed E-state index contributed by atoms with van der Waals surface area (Å²) in [5.74, 6) is 0.672. The first-order valence-corrected chi connectivity index (χ1v) is 5.09. The first-order valence-electron chi connectivity index (χ1n) is 5.09. The van der Waals surface area contributed by atoms with Crippen LogP contribution in [0.2, 0.25) is 0 Å². The Bertz CT molecular complexity index is 331. The maximum Gasteiger partial charge on any atom is 0.223 e. The number of aryl methyl sites for hydroxylation is 1. The molecule has 1 aromatic heterocycles. The summed E-state index contributed by atoms with van der Waals surface area (Å²) < 4.78 is 5.35. The highest BCUT2D eigenvalue weighted by molar-refractivity contribution is 5.28. The largest absolute Gasteiger partial charge is 0.378 e. The van der Waals surface area contributed by atoms with E-state index < -0.39 is 0 Å². The van der Waals surface area contributed by atoms with Crippen molar-refractivity contribution in [2.24, 2.45) is 0 Å². The van der Waals surface area contributed by atoms with Crippen LogP contribution < -0.4 is 10.6 Å². The Hall–Kier alpha value is -1.20. The van der Waals surface area contributed by atoms with E-state index >= 15 is 0 Å². The van der Waals surface area contributed by atoms with Crippen LogP contribution in [0.5, 0.6) is 0 Å². The molecule has 1 aromatic rings. The van der Waals surface area contributed by atoms with E-state index in [-0.39, 0.29) is 12.1 Å². The lowest BCUT2D eigenvalue weighted by molar-refractivity contribution is 0.111. The standard InChI is InChI=1S/C10H16N4O/c1-7-3-4-12-10(13-7)14-8-5-11-6-9(8)15-2/h3-4,8-9,11H,5-6H2,1-2H3,(H,12,13,14). The molecule has 2 heterocycles. The van der Waals surface area contributed by atoms with Gasteiger partial charge in [-0.05, 0) is 13.0 Å². The minimum absolute atomic E-state index is 0.189. The number of aromatic nitrogens is 2. The molecule has 0 aromatic carbocycles. The van der Waals surface area contributed by atoms with Gasteiger partial charge in [0.2, 0.25) is 5.95 Å². The SMILES string of the molecule is COC1CNCC1Nc1nccc(C)n1. The van der Waals surface area contributed by atoms with E-state index in [1.165, 1.54) is 0 Å². The number of hydrogen-bond donors (Lipinski definition) is 2. The fourth-order valence-corrected chi connectivity index (χ4v) is 1.73. The van der Waals surface area contributed by atoms with Crippen LogP contribution in [0.3, 0.4) is 0 Å². The van der Waals surface area contributed by atoms with Crippen molar-refractivity contribution in [3.8, 4) is 0 Å². The zero-order valence-electron chi connectivity index (χ0n) is 9.03. The average Bonchev–Trinajstić information content (AvgIpc) is 2.65. The normalized spacial score (nSPS) is 25.5. The second kappa shape index (κ2) is 4.55. The molecule has 2 atom stereocenters. The highest BCUT2D eigenvalue weighted by Gasteiger charge is 2.27. The molecule has 2 rings (SSSR count). The van der Waals surface area contributed by atoms with Gasteiger partial charge >= 0.3 is 0 Å². The molecule has 5 heteroatoms. The lowest BCUT2D eigenvalue weighted by Gasteiger charge is -2.18. The number of nitrogens with zero attached hydrogens (tertiary/aromatic N) is 2. The average molecular weight is 208 g/mol. The van der Waals surface area contributed by atoms with Crippen LogP contribution in [0.25, 0.3) is 0 Å². The Morgan fingerprint density at radius 2 is 2.40 bits per heavy atom.